The summed E-state index contributed by atoms with van der Waals surface area (Å²) < 4.78 is 14.5. The maximum absolute atomic E-state index is 13.6. The van der Waals surface area contributed by atoms with Gasteiger partial charge in [0, 0.05) is 27.8 Å². The zero-order valence-corrected chi connectivity index (χ0v) is 12.4. The molecule has 0 aliphatic heterocycles. The molecule has 0 saturated carbocycles. The molecule has 0 spiro atoms. The number of rotatable bonds is 3. The van der Waals surface area contributed by atoms with Crippen LogP contribution in [0.5, 0.6) is 0 Å². The Kier molecular flexibility index (Phi) is 4.63. The normalized spacial score (nSPS) is 10.3. The van der Waals surface area contributed by atoms with Gasteiger partial charge in [-0.2, -0.15) is 0 Å². The van der Waals surface area contributed by atoms with Crippen molar-refractivity contribution in [3.63, 3.8) is 0 Å². The van der Waals surface area contributed by atoms with Crippen molar-refractivity contribution in [2.45, 2.75) is 6.54 Å². The topological polar surface area (TPSA) is 38.0 Å². The number of halogens is 2. The van der Waals surface area contributed by atoms with Gasteiger partial charge in [-0.25, -0.2) is 4.39 Å². The Labute approximate surface area is 124 Å². The molecular weight excluding hydrogens is 327 g/mol. The summed E-state index contributed by atoms with van der Waals surface area (Å²) in [5.41, 5.74) is 7.77. The lowest BCUT2D eigenvalue weighted by molar-refractivity contribution is 0.625. The number of anilines is 1. The van der Waals surface area contributed by atoms with Crippen LogP contribution in [0.4, 0.5) is 10.1 Å². The van der Waals surface area contributed by atoms with Crippen LogP contribution in [0.2, 0.25) is 0 Å². The Morgan fingerprint density at radius 1 is 1.21 bits per heavy atom. The second-order valence-electron chi connectivity index (χ2n) is 3.90. The van der Waals surface area contributed by atoms with Gasteiger partial charge in [0.25, 0.3) is 0 Å². The molecule has 2 aromatic carbocycles. The van der Waals surface area contributed by atoms with Crippen molar-refractivity contribution >= 4 is 38.8 Å². The summed E-state index contributed by atoms with van der Waals surface area (Å²) in [6.07, 6.45) is 0. The number of nitrogens with two attached hydrogens (primary N) is 1. The average molecular weight is 339 g/mol. The molecular formula is C14H12BrFN2S. The van der Waals surface area contributed by atoms with Crippen LogP contribution in [0.25, 0.3) is 0 Å². The molecule has 0 fully saturated rings. The Bertz CT molecular complexity index is 616. The minimum absolute atomic E-state index is 0.339. The zero-order valence-electron chi connectivity index (χ0n) is 9.99. The number of hydrogen-bond donors (Lipinski definition) is 2. The van der Waals surface area contributed by atoms with Gasteiger partial charge < -0.3 is 11.1 Å². The van der Waals surface area contributed by atoms with Gasteiger partial charge in [0.2, 0.25) is 0 Å². The number of benzene rings is 2. The molecule has 3 N–H and O–H groups in total. The van der Waals surface area contributed by atoms with Crippen LogP contribution in [0.1, 0.15) is 11.1 Å². The van der Waals surface area contributed by atoms with Crippen LogP contribution in [-0.2, 0) is 6.54 Å². The third-order valence-electron chi connectivity index (χ3n) is 2.69. The first-order valence-corrected chi connectivity index (χ1v) is 6.87. The predicted molar refractivity (Wildman–Crippen MR) is 83.8 cm³/mol. The van der Waals surface area contributed by atoms with Crippen LogP contribution in [-0.4, -0.2) is 4.99 Å². The molecule has 2 nitrogen and oxygen atoms in total. The molecule has 0 aliphatic carbocycles. The van der Waals surface area contributed by atoms with Crippen molar-refractivity contribution in [2.75, 3.05) is 5.32 Å². The molecule has 0 bridgehead atoms. The largest absolute Gasteiger partial charge is 0.346 e. The fourth-order valence-electron chi connectivity index (χ4n) is 1.72. The van der Waals surface area contributed by atoms with E-state index in [1.807, 2.05) is 18.2 Å². The lowest BCUT2D eigenvalue weighted by atomic mass is 10.1. The molecule has 0 aromatic heterocycles. The maximum Gasteiger partial charge on any atom is 0.133 e. The summed E-state index contributed by atoms with van der Waals surface area (Å²) in [6, 6.07) is 12.0. The maximum atomic E-state index is 13.6. The Morgan fingerprint density at radius 2 is 1.95 bits per heavy atom. The minimum Gasteiger partial charge on any atom is -0.346 e. The zero-order chi connectivity index (χ0) is 13.8. The van der Waals surface area contributed by atoms with Crippen LogP contribution in [0.3, 0.4) is 0 Å². The first kappa shape index (κ1) is 14.1. The van der Waals surface area contributed by atoms with Crippen molar-refractivity contribution in [1.82, 2.24) is 0 Å². The lowest BCUT2D eigenvalue weighted by Crippen LogP contribution is -2.14. The van der Waals surface area contributed by atoms with Crippen LogP contribution in [0.15, 0.2) is 46.9 Å². The van der Waals surface area contributed by atoms with Crippen molar-refractivity contribution in [1.29, 1.82) is 0 Å². The molecule has 19 heavy (non-hydrogen) atoms. The van der Waals surface area contributed by atoms with E-state index in [0.29, 0.717) is 17.1 Å². The number of hydrogen-bond acceptors (Lipinski definition) is 2. The monoisotopic (exact) mass is 338 g/mol. The standard InChI is InChI=1S/C14H12BrFN2S/c15-11-5-3-7-13(10(11)8-17)18-14(19)9-4-1-2-6-12(9)16/h1-7H,8,17H2,(H,18,19). The van der Waals surface area contributed by atoms with Crippen molar-refractivity contribution in [3.05, 3.63) is 63.9 Å². The van der Waals surface area contributed by atoms with Crippen molar-refractivity contribution < 1.29 is 4.39 Å². The minimum atomic E-state index is -0.343. The number of nitrogens with one attached hydrogen (secondary N) is 1. The SMILES string of the molecule is NCc1c(Br)cccc1NC(=S)c1ccccc1F. The van der Waals surface area contributed by atoms with Gasteiger partial charge in [-0.05, 0) is 24.3 Å². The first-order valence-electron chi connectivity index (χ1n) is 5.67. The molecule has 2 aromatic rings. The molecule has 0 radical (unpaired) electrons. The highest BCUT2D eigenvalue weighted by Crippen LogP contribution is 2.25. The van der Waals surface area contributed by atoms with Gasteiger partial charge in [0.15, 0.2) is 0 Å². The van der Waals surface area contributed by atoms with E-state index in [1.54, 1.807) is 18.2 Å². The molecule has 0 heterocycles. The quantitative estimate of drug-likeness (QED) is 0.835. The fourth-order valence-corrected chi connectivity index (χ4v) is 2.52. The summed E-state index contributed by atoms with van der Waals surface area (Å²) in [7, 11) is 0. The van der Waals surface area contributed by atoms with Gasteiger partial charge in [0.05, 0.1) is 0 Å². The summed E-state index contributed by atoms with van der Waals surface area (Å²) in [5.74, 6) is -0.343. The van der Waals surface area contributed by atoms with E-state index < -0.39 is 0 Å². The summed E-state index contributed by atoms with van der Waals surface area (Å²) >= 11 is 8.66. The highest BCUT2D eigenvalue weighted by molar-refractivity contribution is 9.10. The predicted octanol–water partition coefficient (Wildman–Crippen LogP) is 3.83. The molecule has 0 atom stereocenters. The lowest BCUT2D eigenvalue weighted by Gasteiger charge is -2.13. The Hall–Kier alpha value is -1.30. The highest BCUT2D eigenvalue weighted by Gasteiger charge is 2.10. The smallest absolute Gasteiger partial charge is 0.133 e. The van der Waals surface area contributed by atoms with E-state index in [-0.39, 0.29) is 5.82 Å². The molecule has 0 saturated heterocycles. The van der Waals surface area contributed by atoms with Gasteiger partial charge in [0.1, 0.15) is 10.8 Å². The van der Waals surface area contributed by atoms with E-state index in [2.05, 4.69) is 21.2 Å². The first-order chi connectivity index (χ1) is 9.13. The molecule has 2 rings (SSSR count). The Morgan fingerprint density at radius 3 is 2.63 bits per heavy atom. The average Bonchev–Trinajstić information content (AvgIpc) is 2.39. The van der Waals surface area contributed by atoms with Gasteiger partial charge in [-0.1, -0.05) is 46.3 Å². The second kappa shape index (κ2) is 6.23. The summed E-state index contributed by atoms with van der Waals surface area (Å²) in [5, 5.41) is 3.04. The van der Waals surface area contributed by atoms with Crippen molar-refractivity contribution in [3.8, 4) is 0 Å². The van der Waals surface area contributed by atoms with Crippen LogP contribution >= 0.6 is 28.1 Å². The fraction of sp³-hybridized carbons (Fsp3) is 0.0714. The van der Waals surface area contributed by atoms with E-state index in [4.69, 9.17) is 18.0 Å². The van der Waals surface area contributed by atoms with E-state index >= 15 is 0 Å². The molecule has 0 amide bonds. The summed E-state index contributed by atoms with van der Waals surface area (Å²) in [6.45, 7) is 0.365. The highest BCUT2D eigenvalue weighted by atomic mass is 79.9. The van der Waals surface area contributed by atoms with Crippen LogP contribution < -0.4 is 11.1 Å². The van der Waals surface area contributed by atoms with Crippen LogP contribution in [0, 0.1) is 5.82 Å². The molecule has 98 valence electrons. The third-order valence-corrected chi connectivity index (χ3v) is 3.75. The van der Waals surface area contributed by atoms with Gasteiger partial charge >= 0.3 is 0 Å². The van der Waals surface area contributed by atoms with Gasteiger partial charge in [-0.3, -0.25) is 0 Å². The summed E-state index contributed by atoms with van der Waals surface area (Å²) in [4.78, 5) is 0.339. The third kappa shape index (κ3) is 3.18. The second-order valence-corrected chi connectivity index (χ2v) is 5.17. The molecule has 0 unspecified atom stereocenters. The van der Waals surface area contributed by atoms with E-state index in [1.165, 1.54) is 6.07 Å². The molecule has 0 aliphatic rings. The molecule has 5 heteroatoms. The Balaban J connectivity index is 2.30. The van der Waals surface area contributed by atoms with E-state index in [9.17, 15) is 4.39 Å². The van der Waals surface area contributed by atoms with E-state index in [0.717, 1.165) is 15.7 Å². The van der Waals surface area contributed by atoms with Gasteiger partial charge in [-0.15, -0.1) is 0 Å². The number of thiocarbonyl (C=S) groups is 1. The van der Waals surface area contributed by atoms with Crippen molar-refractivity contribution in [2.24, 2.45) is 5.73 Å².